The first-order valence-electron chi connectivity index (χ1n) is 9.95. The van der Waals surface area contributed by atoms with E-state index in [1.165, 1.54) is 24.3 Å². The molecule has 0 spiro atoms. The fourth-order valence-corrected chi connectivity index (χ4v) is 4.71. The highest BCUT2D eigenvalue weighted by molar-refractivity contribution is 6.31. The van der Waals surface area contributed by atoms with Crippen LogP contribution in [0.2, 0.25) is 10.0 Å². The molecule has 2 bridgehead atoms. The van der Waals surface area contributed by atoms with E-state index in [4.69, 9.17) is 32.7 Å². The maximum absolute atomic E-state index is 13.5. The van der Waals surface area contributed by atoms with Gasteiger partial charge in [-0.05, 0) is 49.9 Å². The van der Waals surface area contributed by atoms with Crippen LogP contribution in [0, 0.1) is 11.6 Å². The largest absolute Gasteiger partial charge is 0.484 e. The molecular weight excluding hydrogens is 465 g/mol. The predicted molar refractivity (Wildman–Crippen MR) is 114 cm³/mol. The van der Waals surface area contributed by atoms with E-state index >= 15 is 0 Å². The summed E-state index contributed by atoms with van der Waals surface area (Å²) in [5.74, 6) is -1.47. The number of benzene rings is 2. The number of amides is 2. The van der Waals surface area contributed by atoms with Gasteiger partial charge in [-0.3, -0.25) is 9.59 Å². The normalized spacial score (nSPS) is 23.2. The van der Waals surface area contributed by atoms with Crippen molar-refractivity contribution in [3.05, 3.63) is 58.1 Å². The van der Waals surface area contributed by atoms with E-state index in [2.05, 4.69) is 10.6 Å². The summed E-state index contributed by atoms with van der Waals surface area (Å²) in [5.41, 5.74) is -0.779. The lowest BCUT2D eigenvalue weighted by atomic mass is 9.71. The van der Waals surface area contributed by atoms with Crippen molar-refractivity contribution in [2.24, 2.45) is 0 Å². The Hall–Kier alpha value is -2.58. The van der Waals surface area contributed by atoms with Crippen molar-refractivity contribution >= 4 is 35.0 Å². The van der Waals surface area contributed by atoms with Crippen LogP contribution >= 0.6 is 23.2 Å². The third-order valence-corrected chi connectivity index (χ3v) is 6.38. The summed E-state index contributed by atoms with van der Waals surface area (Å²) in [7, 11) is 0. The average molecular weight is 485 g/mol. The van der Waals surface area contributed by atoms with Gasteiger partial charge in [-0.25, -0.2) is 8.78 Å². The maximum atomic E-state index is 13.5. The molecule has 3 aliphatic carbocycles. The van der Waals surface area contributed by atoms with E-state index < -0.39 is 11.6 Å². The minimum atomic E-state index is -0.622. The fourth-order valence-electron chi connectivity index (χ4n) is 4.47. The van der Waals surface area contributed by atoms with Crippen molar-refractivity contribution in [2.45, 2.75) is 36.8 Å². The molecule has 5 rings (SSSR count). The fraction of sp³-hybridized carbons (Fsp3) is 0.364. The van der Waals surface area contributed by atoms with Crippen molar-refractivity contribution in [3.63, 3.8) is 0 Å². The summed E-state index contributed by atoms with van der Waals surface area (Å²) in [6, 6.07) is 7.92. The highest BCUT2D eigenvalue weighted by Gasteiger charge is 2.62. The lowest BCUT2D eigenvalue weighted by molar-refractivity contribution is -0.128. The van der Waals surface area contributed by atoms with Crippen LogP contribution in [0.1, 0.15) is 25.7 Å². The van der Waals surface area contributed by atoms with E-state index in [9.17, 15) is 18.4 Å². The van der Waals surface area contributed by atoms with Crippen molar-refractivity contribution in [1.29, 1.82) is 0 Å². The number of rotatable bonds is 8. The molecule has 0 unspecified atom stereocenters. The number of ether oxygens (including phenoxy) is 2. The quantitative estimate of drug-likeness (QED) is 0.592. The van der Waals surface area contributed by atoms with Crippen LogP contribution in [0.5, 0.6) is 11.5 Å². The summed E-state index contributed by atoms with van der Waals surface area (Å²) in [6.45, 7) is -0.513. The summed E-state index contributed by atoms with van der Waals surface area (Å²) in [6.07, 6.45) is 2.64. The molecule has 2 N–H and O–H groups in total. The van der Waals surface area contributed by atoms with Crippen LogP contribution in [0.15, 0.2) is 36.4 Å². The third-order valence-electron chi connectivity index (χ3n) is 5.77. The van der Waals surface area contributed by atoms with Gasteiger partial charge in [0.15, 0.2) is 13.2 Å². The first-order chi connectivity index (χ1) is 15.2. The lowest BCUT2D eigenvalue weighted by Gasteiger charge is -2.48. The molecule has 32 heavy (non-hydrogen) atoms. The number of halogens is 4. The summed E-state index contributed by atoms with van der Waals surface area (Å²) in [5, 5.41) is 5.88. The SMILES string of the molecule is O=C(COc1ccc(Cl)c(F)c1)NC12CCC(NC(=O)COc3ccc(Cl)c(F)c3)(C1)C2. The van der Waals surface area contributed by atoms with Crippen LogP contribution in [0.25, 0.3) is 0 Å². The van der Waals surface area contributed by atoms with Gasteiger partial charge in [0.25, 0.3) is 11.8 Å². The van der Waals surface area contributed by atoms with Crippen LogP contribution < -0.4 is 20.1 Å². The first kappa shape index (κ1) is 22.6. The van der Waals surface area contributed by atoms with E-state index in [-0.39, 0.29) is 57.7 Å². The Morgan fingerprint density at radius 1 is 0.812 bits per heavy atom. The van der Waals surface area contributed by atoms with E-state index in [0.29, 0.717) is 12.8 Å². The Labute approximate surface area is 193 Å². The van der Waals surface area contributed by atoms with Crippen molar-refractivity contribution in [1.82, 2.24) is 10.6 Å². The predicted octanol–water partition coefficient (Wildman–Crippen LogP) is 4.03. The first-order valence-corrected chi connectivity index (χ1v) is 10.7. The van der Waals surface area contributed by atoms with Crippen molar-refractivity contribution in [3.8, 4) is 11.5 Å². The molecule has 2 amide bonds. The van der Waals surface area contributed by atoms with Gasteiger partial charge in [0, 0.05) is 23.2 Å². The van der Waals surface area contributed by atoms with Gasteiger partial charge in [0.1, 0.15) is 23.1 Å². The Kier molecular flexibility index (Phi) is 6.18. The zero-order valence-electron chi connectivity index (χ0n) is 16.9. The molecule has 170 valence electrons. The van der Waals surface area contributed by atoms with Gasteiger partial charge >= 0.3 is 0 Å². The number of hydrogen-bond donors (Lipinski definition) is 2. The monoisotopic (exact) mass is 484 g/mol. The van der Waals surface area contributed by atoms with Crippen molar-refractivity contribution in [2.75, 3.05) is 13.2 Å². The molecule has 0 radical (unpaired) electrons. The molecule has 3 saturated carbocycles. The molecule has 0 aromatic heterocycles. The summed E-state index contributed by atoms with van der Waals surface area (Å²) >= 11 is 11.2. The van der Waals surface area contributed by atoms with Gasteiger partial charge < -0.3 is 20.1 Å². The minimum Gasteiger partial charge on any atom is -0.484 e. The Balaban J connectivity index is 1.22. The highest BCUT2D eigenvalue weighted by atomic mass is 35.5. The molecule has 2 aromatic carbocycles. The Bertz CT molecular complexity index is 979. The number of nitrogens with one attached hydrogen (secondary N) is 2. The van der Waals surface area contributed by atoms with Crippen LogP contribution in [-0.4, -0.2) is 36.1 Å². The molecule has 0 aliphatic heterocycles. The summed E-state index contributed by atoms with van der Waals surface area (Å²) < 4.78 is 37.6. The zero-order chi connectivity index (χ0) is 22.9. The van der Waals surface area contributed by atoms with Gasteiger partial charge in [0.05, 0.1) is 10.0 Å². The number of carbonyl (C=O) groups is 2. The second-order valence-corrected chi connectivity index (χ2v) is 9.05. The Morgan fingerprint density at radius 3 is 1.59 bits per heavy atom. The smallest absolute Gasteiger partial charge is 0.258 e. The highest BCUT2D eigenvalue weighted by Crippen LogP contribution is 2.55. The van der Waals surface area contributed by atoms with Crippen LogP contribution in [0.4, 0.5) is 8.78 Å². The maximum Gasteiger partial charge on any atom is 0.258 e. The second kappa shape index (κ2) is 8.75. The molecule has 0 saturated heterocycles. The van der Waals surface area contributed by atoms with E-state index in [0.717, 1.165) is 25.0 Å². The number of carbonyl (C=O) groups excluding carboxylic acids is 2. The van der Waals surface area contributed by atoms with E-state index in [1.807, 2.05) is 0 Å². The topological polar surface area (TPSA) is 76.7 Å². The average Bonchev–Trinajstić information content (AvgIpc) is 3.24. The third kappa shape index (κ3) is 4.91. The molecule has 3 fully saturated rings. The molecule has 0 heterocycles. The lowest BCUT2D eigenvalue weighted by Crippen LogP contribution is -2.65. The Morgan fingerprint density at radius 2 is 1.22 bits per heavy atom. The number of fused-ring (bicyclic) bond motifs is 1. The van der Waals surface area contributed by atoms with Crippen LogP contribution in [-0.2, 0) is 9.59 Å². The van der Waals surface area contributed by atoms with Gasteiger partial charge in [-0.2, -0.15) is 0 Å². The van der Waals surface area contributed by atoms with Gasteiger partial charge in [-0.1, -0.05) is 23.2 Å². The second-order valence-electron chi connectivity index (χ2n) is 8.24. The molecule has 2 aromatic rings. The molecule has 3 aliphatic rings. The molecular formula is C22H20Cl2F2N2O4. The van der Waals surface area contributed by atoms with Crippen molar-refractivity contribution < 1.29 is 27.8 Å². The molecule has 10 heteroatoms. The summed E-state index contributed by atoms with van der Waals surface area (Å²) in [4.78, 5) is 24.6. The minimum absolute atomic E-state index is 0.0229. The zero-order valence-corrected chi connectivity index (χ0v) is 18.4. The number of hydrogen-bond acceptors (Lipinski definition) is 4. The standard InChI is InChI=1S/C22H20Cl2F2N2O4/c23-15-3-1-13(7-17(15)25)31-9-19(29)27-21-5-6-22(11-21,12-21)28-20(30)10-32-14-2-4-16(24)18(26)8-14/h1-4,7-8H,5-6,9-12H2,(H,27,29)(H,28,30). The van der Waals surface area contributed by atoms with E-state index in [1.54, 1.807) is 0 Å². The molecule has 6 nitrogen and oxygen atoms in total. The molecule has 0 atom stereocenters. The van der Waals surface area contributed by atoms with Gasteiger partial charge in [0.2, 0.25) is 0 Å². The van der Waals surface area contributed by atoms with Gasteiger partial charge in [-0.15, -0.1) is 0 Å². The van der Waals surface area contributed by atoms with Crippen LogP contribution in [0.3, 0.4) is 0 Å².